The normalized spacial score (nSPS) is 12.6. The lowest BCUT2D eigenvalue weighted by molar-refractivity contribution is -0.119. The van der Waals surface area contributed by atoms with Crippen LogP contribution in [0.5, 0.6) is 5.75 Å². The summed E-state index contributed by atoms with van der Waals surface area (Å²) in [7, 11) is -4.65. The molecule has 0 saturated heterocycles. The number of carbonyl (C=O) groups is 1. The molecule has 0 aliphatic heterocycles. The van der Waals surface area contributed by atoms with E-state index >= 15 is 0 Å². The molecule has 10 nitrogen and oxygen atoms in total. The van der Waals surface area contributed by atoms with Crippen LogP contribution in [-0.2, 0) is 33.5 Å². The van der Waals surface area contributed by atoms with Crippen molar-refractivity contribution in [1.82, 2.24) is 4.98 Å². The van der Waals surface area contributed by atoms with Crippen molar-refractivity contribution in [3.05, 3.63) is 52.8 Å². The molecule has 158 valence electrons. The number of nitrogens with two attached hydrogens (primary N) is 2. The number of nitrogens with one attached hydrogen (secondary N) is 1. The van der Waals surface area contributed by atoms with Crippen molar-refractivity contribution in [3.63, 3.8) is 0 Å². The van der Waals surface area contributed by atoms with Crippen molar-refractivity contribution in [3.8, 4) is 5.75 Å². The monoisotopic (exact) mass is 424 g/mol. The van der Waals surface area contributed by atoms with Crippen molar-refractivity contribution in [2.24, 2.45) is 11.5 Å². The summed E-state index contributed by atoms with van der Waals surface area (Å²) in [6, 6.07) is 6.75. The average molecular weight is 424 g/mol. The van der Waals surface area contributed by atoms with E-state index in [0.29, 0.717) is 29.7 Å². The molecule has 0 spiro atoms. The van der Waals surface area contributed by atoms with E-state index in [1.54, 1.807) is 6.92 Å². The number of phosphoric ester groups is 1. The van der Waals surface area contributed by atoms with Gasteiger partial charge in [-0.25, -0.2) is 4.57 Å². The number of carbonyl (C=O) groups excluding carboxylic acids is 1. The summed E-state index contributed by atoms with van der Waals surface area (Å²) in [6.45, 7) is 1.43. The van der Waals surface area contributed by atoms with Crippen LogP contribution in [0.25, 0.3) is 0 Å². The van der Waals surface area contributed by atoms with Gasteiger partial charge in [-0.1, -0.05) is 12.1 Å². The number of nitrogens with zero attached hydrogens (tertiary/aromatic N) is 1. The average Bonchev–Trinajstić information content (AvgIpc) is 2.66. The Hall–Kier alpha value is -2.49. The van der Waals surface area contributed by atoms with Gasteiger partial charge >= 0.3 is 7.82 Å². The highest BCUT2D eigenvalue weighted by Gasteiger charge is 2.18. The largest absolute Gasteiger partial charge is 0.506 e. The number of rotatable bonds is 10. The molecule has 0 fully saturated rings. The second-order valence-corrected chi connectivity index (χ2v) is 7.80. The molecule has 2 aromatic rings. The Balaban J connectivity index is 2.04. The maximum Gasteiger partial charge on any atom is 0.469 e. The second-order valence-electron chi connectivity index (χ2n) is 6.56. The zero-order chi connectivity index (χ0) is 21.6. The van der Waals surface area contributed by atoms with Crippen molar-refractivity contribution >= 4 is 19.4 Å². The SMILES string of the molecule is Cc1ncc(COP(=O)(O)O)c(CNc2ccc(CCC(N)C(N)=O)cc2)c1O. The molecule has 1 unspecified atom stereocenters. The molecule has 8 N–H and O–H groups in total. The van der Waals surface area contributed by atoms with Gasteiger partial charge in [0.05, 0.1) is 18.3 Å². The number of primary amides is 1. The summed E-state index contributed by atoms with van der Waals surface area (Å²) in [4.78, 5) is 32.8. The third-order valence-corrected chi connectivity index (χ3v) is 4.82. The van der Waals surface area contributed by atoms with E-state index in [0.717, 1.165) is 11.3 Å². The maximum atomic E-state index is 11.0. The van der Waals surface area contributed by atoms with Gasteiger partial charge in [0.1, 0.15) is 5.75 Å². The number of aromatic nitrogens is 1. The quantitative estimate of drug-likeness (QED) is 0.304. The Kier molecular flexibility index (Phi) is 7.72. The molecule has 1 atom stereocenters. The maximum absolute atomic E-state index is 11.0. The number of phosphoric acid groups is 1. The lowest BCUT2D eigenvalue weighted by atomic mass is 10.0. The van der Waals surface area contributed by atoms with Gasteiger partial charge in [0, 0.05) is 29.6 Å². The molecule has 1 aromatic heterocycles. The Morgan fingerprint density at radius 1 is 1.31 bits per heavy atom. The molecular weight excluding hydrogens is 399 g/mol. The number of anilines is 1. The summed E-state index contributed by atoms with van der Waals surface area (Å²) < 4.78 is 15.5. The molecular formula is C18H25N4O6P. The molecule has 0 saturated carbocycles. The van der Waals surface area contributed by atoms with Crippen LogP contribution in [-0.4, -0.2) is 31.8 Å². The van der Waals surface area contributed by atoms with Crippen LogP contribution in [0.1, 0.15) is 28.8 Å². The minimum absolute atomic E-state index is 0.0682. The fourth-order valence-corrected chi connectivity index (χ4v) is 2.91. The first kappa shape index (κ1) is 22.8. The van der Waals surface area contributed by atoms with E-state index in [9.17, 15) is 14.5 Å². The number of aryl methyl sites for hydroxylation is 2. The lowest BCUT2D eigenvalue weighted by Crippen LogP contribution is -2.36. The van der Waals surface area contributed by atoms with Crippen LogP contribution >= 0.6 is 7.82 Å². The molecule has 0 aliphatic rings. The van der Waals surface area contributed by atoms with Gasteiger partial charge in [-0.3, -0.25) is 14.3 Å². The Bertz CT molecular complexity index is 900. The molecule has 0 bridgehead atoms. The van der Waals surface area contributed by atoms with Crippen LogP contribution in [0.2, 0.25) is 0 Å². The molecule has 1 amide bonds. The molecule has 2 rings (SSSR count). The number of amides is 1. The van der Waals surface area contributed by atoms with E-state index in [1.165, 1.54) is 6.20 Å². The van der Waals surface area contributed by atoms with E-state index < -0.39 is 19.8 Å². The van der Waals surface area contributed by atoms with Crippen molar-refractivity contribution in [1.29, 1.82) is 0 Å². The van der Waals surface area contributed by atoms with Crippen LogP contribution in [0, 0.1) is 6.92 Å². The molecule has 1 heterocycles. The number of hydrogen-bond acceptors (Lipinski definition) is 7. The highest BCUT2D eigenvalue weighted by Crippen LogP contribution is 2.38. The van der Waals surface area contributed by atoms with Gasteiger partial charge in [-0.2, -0.15) is 0 Å². The van der Waals surface area contributed by atoms with Gasteiger partial charge in [-0.15, -0.1) is 0 Å². The number of pyridine rings is 1. The minimum Gasteiger partial charge on any atom is -0.506 e. The molecule has 11 heteroatoms. The third kappa shape index (κ3) is 7.12. The van der Waals surface area contributed by atoms with Gasteiger partial charge < -0.3 is 31.7 Å². The number of benzene rings is 1. The molecule has 1 aromatic carbocycles. The van der Waals surface area contributed by atoms with E-state index in [1.807, 2.05) is 24.3 Å². The van der Waals surface area contributed by atoms with Crippen molar-refractivity contribution in [2.75, 3.05) is 5.32 Å². The van der Waals surface area contributed by atoms with Crippen LogP contribution in [0.4, 0.5) is 5.69 Å². The Morgan fingerprint density at radius 2 is 1.97 bits per heavy atom. The van der Waals surface area contributed by atoms with Gasteiger partial charge in [0.25, 0.3) is 0 Å². The smallest absolute Gasteiger partial charge is 0.469 e. The lowest BCUT2D eigenvalue weighted by Gasteiger charge is -2.15. The summed E-state index contributed by atoms with van der Waals surface area (Å²) in [5, 5.41) is 13.4. The Labute approximate surface area is 168 Å². The zero-order valence-corrected chi connectivity index (χ0v) is 16.8. The Morgan fingerprint density at radius 3 is 2.55 bits per heavy atom. The summed E-state index contributed by atoms with van der Waals surface area (Å²) in [5.74, 6) is -0.601. The summed E-state index contributed by atoms with van der Waals surface area (Å²) in [6.07, 6.45) is 2.47. The summed E-state index contributed by atoms with van der Waals surface area (Å²) >= 11 is 0. The first-order valence-corrected chi connectivity index (χ1v) is 10.3. The first-order valence-electron chi connectivity index (χ1n) is 8.81. The van der Waals surface area contributed by atoms with E-state index in [4.69, 9.17) is 21.3 Å². The number of aromatic hydroxyl groups is 1. The molecule has 0 aliphatic carbocycles. The predicted molar refractivity (Wildman–Crippen MR) is 107 cm³/mol. The molecule has 29 heavy (non-hydrogen) atoms. The third-order valence-electron chi connectivity index (χ3n) is 4.35. The topological polar surface area (TPSA) is 181 Å². The van der Waals surface area contributed by atoms with Gasteiger partial charge in [0.2, 0.25) is 5.91 Å². The predicted octanol–water partition coefficient (Wildman–Crippen LogP) is 1.06. The van der Waals surface area contributed by atoms with Crippen LogP contribution in [0.3, 0.4) is 0 Å². The highest BCUT2D eigenvalue weighted by molar-refractivity contribution is 7.46. The van der Waals surface area contributed by atoms with E-state index in [-0.39, 0.29) is 18.9 Å². The van der Waals surface area contributed by atoms with Crippen LogP contribution < -0.4 is 16.8 Å². The first-order chi connectivity index (χ1) is 13.6. The molecule has 0 radical (unpaired) electrons. The van der Waals surface area contributed by atoms with Crippen LogP contribution in [0.15, 0.2) is 30.5 Å². The fraction of sp³-hybridized carbons (Fsp3) is 0.333. The van der Waals surface area contributed by atoms with Gasteiger partial charge in [0.15, 0.2) is 0 Å². The highest BCUT2D eigenvalue weighted by atomic mass is 31.2. The standard InChI is InChI=1S/C18H25N4O6P/c1-11-17(23)15(13(8-21-11)10-28-29(25,26)27)9-22-14-5-2-12(3-6-14)4-7-16(19)18(20)24/h2-3,5-6,8,16,22-23H,4,7,9-10,19H2,1H3,(H2,20,24)(H2,25,26,27). The zero-order valence-electron chi connectivity index (χ0n) is 15.9. The number of hydrogen-bond donors (Lipinski definition) is 6. The van der Waals surface area contributed by atoms with Gasteiger partial charge in [-0.05, 0) is 37.5 Å². The minimum atomic E-state index is -4.65. The summed E-state index contributed by atoms with van der Waals surface area (Å²) in [5.41, 5.74) is 13.7. The second kappa shape index (κ2) is 9.82. The fourth-order valence-electron chi connectivity index (χ4n) is 2.60. The van der Waals surface area contributed by atoms with Crippen molar-refractivity contribution < 1.29 is 28.8 Å². The van der Waals surface area contributed by atoms with Crippen molar-refractivity contribution in [2.45, 2.75) is 39.0 Å². The van der Waals surface area contributed by atoms with E-state index in [2.05, 4.69) is 14.8 Å².